The minimum Gasteiger partial charge on any atom is -0.151 e. The summed E-state index contributed by atoms with van der Waals surface area (Å²) in [6, 6.07) is 16.9. The molecule has 0 aliphatic carbocycles. The van der Waals surface area contributed by atoms with Crippen LogP contribution in [0.1, 0.15) is 76.3 Å². The molecule has 0 heterocycles. The summed E-state index contributed by atoms with van der Waals surface area (Å²) in [4.78, 5) is 0. The highest BCUT2D eigenvalue weighted by molar-refractivity contribution is 5.44. The molecule has 0 aromatic heterocycles. The second-order valence-electron chi connectivity index (χ2n) is 6.77. The van der Waals surface area contributed by atoms with Crippen LogP contribution in [-0.2, 0) is 0 Å². The van der Waals surface area contributed by atoms with Crippen molar-refractivity contribution in [2.75, 3.05) is 0 Å². The molecule has 0 aliphatic rings. The Balaban J connectivity index is 2.13. The van der Waals surface area contributed by atoms with E-state index in [4.69, 9.17) is 0 Å². The van der Waals surface area contributed by atoms with Gasteiger partial charge in [-0.1, -0.05) is 64.8 Å². The van der Waals surface area contributed by atoms with Crippen LogP contribution < -0.4 is 0 Å². The predicted molar refractivity (Wildman–Crippen MR) is 104 cm³/mol. The highest BCUT2D eigenvalue weighted by Crippen LogP contribution is 2.27. The molecule has 2 rings (SSSR count). The van der Waals surface area contributed by atoms with E-state index in [-0.39, 0.29) is 0 Å². The molecule has 0 N–H and O–H groups in total. The van der Waals surface area contributed by atoms with Crippen molar-refractivity contribution in [1.29, 1.82) is 0 Å². The van der Waals surface area contributed by atoms with E-state index in [1.165, 1.54) is 36.8 Å². The van der Waals surface area contributed by atoms with Crippen LogP contribution in [0.2, 0.25) is 0 Å². The molecule has 2 aromatic carbocycles. The summed E-state index contributed by atoms with van der Waals surface area (Å²) in [7, 11) is 0. The summed E-state index contributed by atoms with van der Waals surface area (Å²) in [5.41, 5.74) is 4.56. The summed E-state index contributed by atoms with van der Waals surface area (Å²) in [5, 5.41) is 8.90. The lowest BCUT2D eigenvalue weighted by atomic mass is 9.96. The maximum absolute atomic E-state index is 4.45. The standard InChI is InChI=1S/C22H30N2/c1-5-9-17(3)19-11-7-13-21(15-19)23-24-22-14-8-12-20(16-22)18(4)10-6-2/h7-8,11-18H,5-6,9-10H2,1-4H3. The van der Waals surface area contributed by atoms with Crippen LogP contribution in [0.4, 0.5) is 11.4 Å². The number of benzene rings is 2. The lowest BCUT2D eigenvalue weighted by molar-refractivity contribution is 0.664. The third-order valence-corrected chi connectivity index (χ3v) is 4.60. The first-order valence-electron chi connectivity index (χ1n) is 9.25. The second kappa shape index (κ2) is 9.36. The van der Waals surface area contributed by atoms with Gasteiger partial charge in [-0.15, -0.1) is 0 Å². The molecule has 0 amide bonds. The summed E-state index contributed by atoms with van der Waals surface area (Å²) in [6.45, 7) is 9.01. The molecule has 2 atom stereocenters. The minimum atomic E-state index is 0.573. The summed E-state index contributed by atoms with van der Waals surface area (Å²) in [5.74, 6) is 1.15. The van der Waals surface area contributed by atoms with Gasteiger partial charge in [0.15, 0.2) is 0 Å². The first kappa shape index (κ1) is 18.4. The van der Waals surface area contributed by atoms with Gasteiger partial charge >= 0.3 is 0 Å². The van der Waals surface area contributed by atoms with Gasteiger partial charge in [-0.3, -0.25) is 0 Å². The lowest BCUT2D eigenvalue weighted by Gasteiger charge is -2.11. The van der Waals surface area contributed by atoms with Gasteiger partial charge in [-0.25, -0.2) is 0 Å². The number of azo groups is 1. The minimum absolute atomic E-state index is 0.573. The van der Waals surface area contributed by atoms with E-state index in [9.17, 15) is 0 Å². The van der Waals surface area contributed by atoms with Crippen LogP contribution in [0.5, 0.6) is 0 Å². The first-order valence-corrected chi connectivity index (χ1v) is 9.25. The zero-order valence-corrected chi connectivity index (χ0v) is 15.5. The Hall–Kier alpha value is -1.96. The number of rotatable bonds is 8. The van der Waals surface area contributed by atoms with Crippen molar-refractivity contribution >= 4 is 11.4 Å². The van der Waals surface area contributed by atoms with Crippen LogP contribution in [0.25, 0.3) is 0 Å². The highest BCUT2D eigenvalue weighted by atomic mass is 15.1. The van der Waals surface area contributed by atoms with Gasteiger partial charge in [0, 0.05) is 0 Å². The zero-order valence-electron chi connectivity index (χ0n) is 15.5. The maximum atomic E-state index is 4.45. The topological polar surface area (TPSA) is 24.7 Å². The number of hydrogen-bond donors (Lipinski definition) is 0. The van der Waals surface area contributed by atoms with Gasteiger partial charge in [0.25, 0.3) is 0 Å². The Bertz CT molecular complexity index is 603. The average Bonchev–Trinajstić information content (AvgIpc) is 2.61. The fourth-order valence-electron chi connectivity index (χ4n) is 3.10. The van der Waals surface area contributed by atoms with Crippen molar-refractivity contribution in [1.82, 2.24) is 0 Å². The van der Waals surface area contributed by atoms with Gasteiger partial charge < -0.3 is 0 Å². The highest BCUT2D eigenvalue weighted by Gasteiger charge is 2.06. The van der Waals surface area contributed by atoms with Crippen molar-refractivity contribution in [3.05, 3.63) is 59.7 Å². The van der Waals surface area contributed by atoms with E-state index in [1.54, 1.807) is 0 Å². The molecule has 0 fully saturated rings. The Kier molecular flexibility index (Phi) is 7.17. The largest absolute Gasteiger partial charge is 0.151 e. The maximum Gasteiger partial charge on any atom is 0.0859 e. The van der Waals surface area contributed by atoms with E-state index in [1.807, 2.05) is 12.1 Å². The Labute approximate surface area is 147 Å². The summed E-state index contributed by atoms with van der Waals surface area (Å²) >= 11 is 0. The molecule has 2 nitrogen and oxygen atoms in total. The molecular formula is C22H30N2. The van der Waals surface area contributed by atoms with Crippen molar-refractivity contribution in [3.63, 3.8) is 0 Å². The first-order chi connectivity index (χ1) is 11.6. The normalized spacial score (nSPS) is 14.0. The van der Waals surface area contributed by atoms with Crippen LogP contribution in [0.15, 0.2) is 58.8 Å². The Morgan fingerprint density at radius 2 is 1.12 bits per heavy atom. The van der Waals surface area contributed by atoms with Crippen molar-refractivity contribution in [2.45, 2.75) is 65.2 Å². The average molecular weight is 322 g/mol. The van der Waals surface area contributed by atoms with Crippen LogP contribution >= 0.6 is 0 Å². The van der Waals surface area contributed by atoms with E-state index < -0.39 is 0 Å². The fraction of sp³-hybridized carbons (Fsp3) is 0.455. The summed E-state index contributed by atoms with van der Waals surface area (Å²) in [6.07, 6.45) is 4.82. The molecule has 128 valence electrons. The van der Waals surface area contributed by atoms with Gasteiger partial charge in [0.2, 0.25) is 0 Å². The van der Waals surface area contributed by atoms with Gasteiger partial charge in [0.1, 0.15) is 0 Å². The fourth-order valence-corrected chi connectivity index (χ4v) is 3.10. The molecule has 24 heavy (non-hydrogen) atoms. The smallest absolute Gasteiger partial charge is 0.0859 e. The molecular weight excluding hydrogens is 292 g/mol. The lowest BCUT2D eigenvalue weighted by Crippen LogP contribution is -1.92. The van der Waals surface area contributed by atoms with Crippen molar-refractivity contribution < 1.29 is 0 Å². The molecule has 2 aromatic rings. The van der Waals surface area contributed by atoms with Crippen LogP contribution in [0.3, 0.4) is 0 Å². The molecule has 0 spiro atoms. The molecule has 2 heteroatoms. The molecule has 0 saturated carbocycles. The molecule has 2 unspecified atom stereocenters. The van der Waals surface area contributed by atoms with Crippen LogP contribution in [-0.4, -0.2) is 0 Å². The molecule has 0 bridgehead atoms. The zero-order chi connectivity index (χ0) is 17.4. The molecule has 0 saturated heterocycles. The third-order valence-electron chi connectivity index (χ3n) is 4.60. The monoisotopic (exact) mass is 322 g/mol. The van der Waals surface area contributed by atoms with E-state index >= 15 is 0 Å². The van der Waals surface area contributed by atoms with E-state index in [0.29, 0.717) is 11.8 Å². The van der Waals surface area contributed by atoms with Gasteiger partial charge in [0.05, 0.1) is 11.4 Å². The van der Waals surface area contributed by atoms with Crippen LogP contribution in [0, 0.1) is 0 Å². The molecule has 0 aliphatic heterocycles. The van der Waals surface area contributed by atoms with E-state index in [2.05, 4.69) is 74.3 Å². The molecule has 0 radical (unpaired) electrons. The van der Waals surface area contributed by atoms with Crippen molar-refractivity contribution in [3.8, 4) is 0 Å². The third kappa shape index (κ3) is 5.30. The van der Waals surface area contributed by atoms with Gasteiger partial charge in [-0.05, 0) is 60.1 Å². The predicted octanol–water partition coefficient (Wildman–Crippen LogP) is 7.91. The SMILES string of the molecule is CCCC(C)c1cccc(N=Nc2cccc(C(C)CCC)c2)c1. The Morgan fingerprint density at radius 1 is 0.708 bits per heavy atom. The van der Waals surface area contributed by atoms with Gasteiger partial charge in [-0.2, -0.15) is 10.2 Å². The second-order valence-corrected chi connectivity index (χ2v) is 6.77. The van der Waals surface area contributed by atoms with E-state index in [0.717, 1.165) is 11.4 Å². The summed E-state index contributed by atoms with van der Waals surface area (Å²) < 4.78 is 0. The number of nitrogens with zero attached hydrogens (tertiary/aromatic N) is 2. The van der Waals surface area contributed by atoms with Crippen molar-refractivity contribution in [2.24, 2.45) is 10.2 Å². The Morgan fingerprint density at radius 3 is 1.50 bits per heavy atom. The number of hydrogen-bond acceptors (Lipinski definition) is 2. The quantitative estimate of drug-likeness (QED) is 0.441.